The molecule has 0 fully saturated rings. The zero-order valence-electron chi connectivity index (χ0n) is 17.7. The van der Waals surface area contributed by atoms with Crippen molar-refractivity contribution in [3.63, 3.8) is 0 Å². The summed E-state index contributed by atoms with van der Waals surface area (Å²) in [7, 11) is 0. The summed E-state index contributed by atoms with van der Waals surface area (Å²) in [5.41, 5.74) is 2.37. The molecule has 0 saturated carbocycles. The molecule has 0 bridgehead atoms. The van der Waals surface area contributed by atoms with Crippen LogP contribution in [0.4, 0.5) is 0 Å². The van der Waals surface area contributed by atoms with Crippen molar-refractivity contribution >= 4 is 0 Å². The van der Waals surface area contributed by atoms with Gasteiger partial charge in [0.2, 0.25) is 0 Å². The Kier molecular flexibility index (Phi) is 14.4. The molecule has 0 radical (unpaired) electrons. The molecular formula is C25H44O. The molecule has 0 aliphatic rings. The van der Waals surface area contributed by atoms with Crippen LogP contribution in [0.25, 0.3) is 0 Å². The van der Waals surface area contributed by atoms with Gasteiger partial charge in [-0.1, -0.05) is 121 Å². The number of phenolic OH excluding ortho intramolecular Hbond substituents is 1. The zero-order valence-corrected chi connectivity index (χ0v) is 17.7. The molecule has 1 heteroatoms. The number of aromatic hydroxyl groups is 1. The molecule has 1 nitrogen and oxygen atoms in total. The van der Waals surface area contributed by atoms with Crippen LogP contribution in [-0.4, -0.2) is 5.11 Å². The van der Waals surface area contributed by atoms with Crippen molar-refractivity contribution < 1.29 is 5.11 Å². The number of rotatable bonds is 17. The van der Waals surface area contributed by atoms with Gasteiger partial charge in [-0.25, -0.2) is 0 Å². The fraction of sp³-hybridized carbons (Fsp3) is 0.760. The first-order chi connectivity index (χ1) is 12.7. The highest BCUT2D eigenvalue weighted by Gasteiger charge is 2.01. The average Bonchev–Trinajstić information content (AvgIpc) is 2.64. The van der Waals surface area contributed by atoms with Crippen LogP contribution in [0.15, 0.2) is 18.2 Å². The highest BCUT2D eigenvalue weighted by Crippen LogP contribution is 2.21. The molecule has 150 valence electrons. The smallest absolute Gasteiger partial charge is 0.118 e. The van der Waals surface area contributed by atoms with Gasteiger partial charge in [0, 0.05) is 0 Å². The Balaban J connectivity index is 1.80. The Labute approximate surface area is 163 Å². The number of hydrogen-bond donors (Lipinski definition) is 1. The zero-order chi connectivity index (χ0) is 18.9. The molecule has 0 heterocycles. The van der Waals surface area contributed by atoms with E-state index in [9.17, 15) is 5.11 Å². The molecule has 26 heavy (non-hydrogen) atoms. The number of unbranched alkanes of at least 4 members (excludes halogenated alkanes) is 15. The molecule has 1 aromatic rings. The van der Waals surface area contributed by atoms with Crippen LogP contribution in [0.2, 0.25) is 0 Å². The third-order valence-electron chi connectivity index (χ3n) is 5.53. The first kappa shape index (κ1) is 23.1. The third kappa shape index (κ3) is 12.4. The van der Waals surface area contributed by atoms with Gasteiger partial charge in [-0.15, -0.1) is 0 Å². The van der Waals surface area contributed by atoms with Crippen LogP contribution in [0, 0.1) is 6.92 Å². The highest BCUT2D eigenvalue weighted by molar-refractivity contribution is 5.35. The number of benzene rings is 1. The van der Waals surface area contributed by atoms with Gasteiger partial charge in [0.05, 0.1) is 0 Å². The van der Waals surface area contributed by atoms with E-state index in [4.69, 9.17) is 0 Å². The summed E-state index contributed by atoms with van der Waals surface area (Å²) < 4.78 is 0. The Morgan fingerprint density at radius 2 is 1.04 bits per heavy atom. The van der Waals surface area contributed by atoms with Gasteiger partial charge in [-0.3, -0.25) is 0 Å². The molecule has 1 aromatic carbocycles. The summed E-state index contributed by atoms with van der Waals surface area (Å²) in [5, 5.41) is 9.86. The van der Waals surface area contributed by atoms with Crippen molar-refractivity contribution in [3.05, 3.63) is 29.3 Å². The minimum atomic E-state index is 0.469. The fourth-order valence-corrected chi connectivity index (χ4v) is 3.78. The van der Waals surface area contributed by atoms with Crippen LogP contribution >= 0.6 is 0 Å². The van der Waals surface area contributed by atoms with Crippen molar-refractivity contribution in [3.8, 4) is 5.75 Å². The van der Waals surface area contributed by atoms with Crippen molar-refractivity contribution in [2.75, 3.05) is 0 Å². The summed E-state index contributed by atoms with van der Waals surface area (Å²) in [4.78, 5) is 0. The van der Waals surface area contributed by atoms with Crippen molar-refractivity contribution in [1.82, 2.24) is 0 Å². The first-order valence-electron chi connectivity index (χ1n) is 11.5. The summed E-state index contributed by atoms with van der Waals surface area (Å²) in [6, 6.07) is 5.93. The normalized spacial score (nSPS) is 11.2. The average molecular weight is 361 g/mol. The van der Waals surface area contributed by atoms with E-state index in [1.165, 1.54) is 108 Å². The lowest BCUT2D eigenvalue weighted by molar-refractivity contribution is 0.465. The van der Waals surface area contributed by atoms with Crippen LogP contribution in [0.3, 0.4) is 0 Å². The maximum Gasteiger partial charge on any atom is 0.118 e. The Hall–Kier alpha value is -0.980. The van der Waals surface area contributed by atoms with E-state index in [1.54, 1.807) is 0 Å². The molecule has 0 amide bonds. The molecule has 0 aliphatic carbocycles. The van der Waals surface area contributed by atoms with E-state index in [-0.39, 0.29) is 0 Å². The van der Waals surface area contributed by atoms with E-state index in [2.05, 4.69) is 19.9 Å². The number of aryl methyl sites for hydroxylation is 2. The fourth-order valence-electron chi connectivity index (χ4n) is 3.78. The molecule has 0 spiro atoms. The molecule has 0 aromatic heterocycles. The third-order valence-corrected chi connectivity index (χ3v) is 5.53. The van der Waals surface area contributed by atoms with Crippen molar-refractivity contribution in [2.24, 2.45) is 0 Å². The second-order valence-electron chi connectivity index (χ2n) is 8.19. The molecule has 0 unspecified atom stereocenters. The topological polar surface area (TPSA) is 20.2 Å². The van der Waals surface area contributed by atoms with Crippen molar-refractivity contribution in [2.45, 2.75) is 123 Å². The minimum absolute atomic E-state index is 0.469. The van der Waals surface area contributed by atoms with Crippen LogP contribution in [-0.2, 0) is 6.42 Å². The van der Waals surface area contributed by atoms with Gasteiger partial charge < -0.3 is 5.11 Å². The number of hydrogen-bond acceptors (Lipinski definition) is 1. The number of phenols is 1. The first-order valence-corrected chi connectivity index (χ1v) is 11.5. The van der Waals surface area contributed by atoms with Crippen LogP contribution in [0.5, 0.6) is 5.75 Å². The maximum absolute atomic E-state index is 9.86. The van der Waals surface area contributed by atoms with E-state index in [0.29, 0.717) is 5.75 Å². The van der Waals surface area contributed by atoms with Crippen molar-refractivity contribution in [1.29, 1.82) is 0 Å². The van der Waals surface area contributed by atoms with Crippen LogP contribution < -0.4 is 0 Å². The van der Waals surface area contributed by atoms with Gasteiger partial charge in [0.15, 0.2) is 0 Å². The van der Waals surface area contributed by atoms with Gasteiger partial charge in [0.1, 0.15) is 5.75 Å². The Bertz CT molecular complexity index is 438. The molecule has 0 atom stereocenters. The largest absolute Gasteiger partial charge is 0.508 e. The summed E-state index contributed by atoms with van der Waals surface area (Å²) >= 11 is 0. The molecule has 1 rings (SSSR count). The summed E-state index contributed by atoms with van der Waals surface area (Å²) in [5.74, 6) is 0.469. The summed E-state index contributed by atoms with van der Waals surface area (Å²) in [6.45, 7) is 4.38. The van der Waals surface area contributed by atoms with E-state index in [1.807, 2.05) is 12.1 Å². The van der Waals surface area contributed by atoms with E-state index in [0.717, 1.165) is 12.0 Å². The lowest BCUT2D eigenvalue weighted by Crippen LogP contribution is -1.89. The predicted octanol–water partition coefficient (Wildman–Crippen LogP) is 8.50. The second kappa shape index (κ2) is 16.2. The van der Waals surface area contributed by atoms with Gasteiger partial charge >= 0.3 is 0 Å². The SMILES string of the molecule is CCCCCCCCCCCCCCCCCCc1cc(C)ccc1O. The Morgan fingerprint density at radius 3 is 1.50 bits per heavy atom. The van der Waals surface area contributed by atoms with Gasteiger partial charge in [-0.05, 0) is 31.4 Å². The quantitative estimate of drug-likeness (QED) is 0.276. The highest BCUT2D eigenvalue weighted by atomic mass is 16.3. The summed E-state index contributed by atoms with van der Waals surface area (Å²) in [6.07, 6.45) is 23.5. The lowest BCUT2D eigenvalue weighted by atomic mass is 10.0. The predicted molar refractivity (Wildman–Crippen MR) is 116 cm³/mol. The Morgan fingerprint density at radius 1 is 0.615 bits per heavy atom. The minimum Gasteiger partial charge on any atom is -0.508 e. The molecular weight excluding hydrogens is 316 g/mol. The van der Waals surface area contributed by atoms with Gasteiger partial charge in [-0.2, -0.15) is 0 Å². The second-order valence-corrected chi connectivity index (χ2v) is 8.19. The van der Waals surface area contributed by atoms with E-state index >= 15 is 0 Å². The molecule has 0 aliphatic heterocycles. The standard InChI is InChI=1S/C25H44O/c1-3-4-5-6-7-8-9-10-11-12-13-14-15-16-17-18-19-24-22-23(2)20-21-25(24)26/h20-22,26H,3-19H2,1-2H3. The van der Waals surface area contributed by atoms with Crippen LogP contribution in [0.1, 0.15) is 121 Å². The lowest BCUT2D eigenvalue weighted by Gasteiger charge is -2.06. The molecule has 1 N–H and O–H groups in total. The monoisotopic (exact) mass is 360 g/mol. The maximum atomic E-state index is 9.86. The van der Waals surface area contributed by atoms with E-state index < -0.39 is 0 Å². The van der Waals surface area contributed by atoms with Gasteiger partial charge in [0.25, 0.3) is 0 Å². The molecule has 0 saturated heterocycles.